The fourth-order valence-electron chi connectivity index (χ4n) is 5.25. The SMILES string of the molecule is COC(=O)C1CCCCN1C(=O)CC1(c2ccccc2C)CC(=O)N(Cc2ccccc2)C1=O. The van der Waals surface area contributed by atoms with Gasteiger partial charge in [-0.05, 0) is 42.9 Å². The number of nitrogens with zero attached hydrogens (tertiary/aromatic N) is 2. The fourth-order valence-corrected chi connectivity index (χ4v) is 5.25. The molecule has 2 fully saturated rings. The second kappa shape index (κ2) is 9.79. The molecule has 2 unspecified atom stereocenters. The highest BCUT2D eigenvalue weighted by Gasteiger charge is 2.55. The number of rotatable bonds is 6. The minimum Gasteiger partial charge on any atom is -0.467 e. The Morgan fingerprint density at radius 3 is 2.44 bits per heavy atom. The van der Waals surface area contributed by atoms with Crippen LogP contribution in [0.25, 0.3) is 0 Å². The van der Waals surface area contributed by atoms with E-state index in [1.165, 1.54) is 16.9 Å². The molecule has 2 aliphatic rings. The molecule has 0 bridgehead atoms. The molecular formula is C27H30N2O5. The number of methoxy groups -OCH3 is 1. The summed E-state index contributed by atoms with van der Waals surface area (Å²) in [5.41, 5.74) is 1.08. The summed E-state index contributed by atoms with van der Waals surface area (Å²) >= 11 is 0. The Hall–Kier alpha value is -3.48. The van der Waals surface area contributed by atoms with Crippen molar-refractivity contribution in [3.8, 4) is 0 Å². The molecule has 3 amide bonds. The molecule has 2 aromatic carbocycles. The number of ether oxygens (including phenoxy) is 1. The van der Waals surface area contributed by atoms with Crippen LogP contribution in [-0.4, -0.2) is 53.2 Å². The summed E-state index contributed by atoms with van der Waals surface area (Å²) in [6.45, 7) is 2.48. The molecule has 0 radical (unpaired) electrons. The fraction of sp³-hybridized carbons (Fsp3) is 0.407. The highest BCUT2D eigenvalue weighted by atomic mass is 16.5. The summed E-state index contributed by atoms with van der Waals surface area (Å²) < 4.78 is 4.93. The molecule has 34 heavy (non-hydrogen) atoms. The van der Waals surface area contributed by atoms with Gasteiger partial charge in [0.15, 0.2) is 0 Å². The maximum absolute atomic E-state index is 13.9. The Balaban J connectivity index is 1.70. The summed E-state index contributed by atoms with van der Waals surface area (Å²) in [6, 6.07) is 16.1. The van der Waals surface area contributed by atoms with Crippen molar-refractivity contribution in [1.82, 2.24) is 9.80 Å². The van der Waals surface area contributed by atoms with E-state index in [0.717, 1.165) is 24.0 Å². The Labute approximate surface area is 199 Å². The molecule has 4 rings (SSSR count). The van der Waals surface area contributed by atoms with Crippen molar-refractivity contribution in [3.05, 3.63) is 71.3 Å². The summed E-state index contributed by atoms with van der Waals surface area (Å²) in [7, 11) is 1.31. The highest BCUT2D eigenvalue weighted by molar-refractivity contribution is 6.11. The molecule has 0 spiro atoms. The van der Waals surface area contributed by atoms with Crippen molar-refractivity contribution in [3.63, 3.8) is 0 Å². The molecule has 0 saturated carbocycles. The van der Waals surface area contributed by atoms with Crippen LogP contribution in [0, 0.1) is 6.92 Å². The van der Waals surface area contributed by atoms with Crippen molar-refractivity contribution in [2.24, 2.45) is 0 Å². The van der Waals surface area contributed by atoms with Crippen LogP contribution in [0.5, 0.6) is 0 Å². The van der Waals surface area contributed by atoms with Gasteiger partial charge in [0.1, 0.15) is 6.04 Å². The molecule has 0 aromatic heterocycles. The lowest BCUT2D eigenvalue weighted by molar-refractivity contribution is -0.155. The molecule has 2 saturated heterocycles. The minimum absolute atomic E-state index is 0.0774. The van der Waals surface area contributed by atoms with Crippen molar-refractivity contribution >= 4 is 23.7 Å². The van der Waals surface area contributed by atoms with Crippen molar-refractivity contribution < 1.29 is 23.9 Å². The van der Waals surface area contributed by atoms with E-state index in [1.807, 2.05) is 61.5 Å². The number of aryl methyl sites for hydroxylation is 1. The lowest BCUT2D eigenvalue weighted by Crippen LogP contribution is -2.51. The third kappa shape index (κ3) is 4.34. The Morgan fingerprint density at radius 2 is 1.74 bits per heavy atom. The smallest absolute Gasteiger partial charge is 0.328 e. The van der Waals surface area contributed by atoms with Gasteiger partial charge in [0.2, 0.25) is 17.7 Å². The predicted octanol–water partition coefficient (Wildman–Crippen LogP) is 3.14. The molecular weight excluding hydrogens is 432 g/mol. The van der Waals surface area contributed by atoms with Crippen LogP contribution in [0.2, 0.25) is 0 Å². The first kappa shape index (κ1) is 23.7. The van der Waals surface area contributed by atoms with Gasteiger partial charge in [-0.15, -0.1) is 0 Å². The van der Waals surface area contributed by atoms with Crippen molar-refractivity contribution in [2.75, 3.05) is 13.7 Å². The second-order valence-electron chi connectivity index (χ2n) is 9.14. The number of piperidine rings is 1. The lowest BCUT2D eigenvalue weighted by atomic mass is 9.73. The summed E-state index contributed by atoms with van der Waals surface area (Å²) in [5.74, 6) is -1.41. The summed E-state index contributed by atoms with van der Waals surface area (Å²) in [5, 5.41) is 0. The average molecular weight is 463 g/mol. The highest BCUT2D eigenvalue weighted by Crippen LogP contribution is 2.42. The molecule has 0 aliphatic carbocycles. The predicted molar refractivity (Wildman–Crippen MR) is 125 cm³/mol. The van der Waals surface area contributed by atoms with Gasteiger partial charge in [0.25, 0.3) is 0 Å². The number of hydrogen-bond acceptors (Lipinski definition) is 5. The number of esters is 1. The molecule has 2 aliphatic heterocycles. The largest absolute Gasteiger partial charge is 0.467 e. The monoisotopic (exact) mass is 462 g/mol. The van der Waals surface area contributed by atoms with E-state index in [9.17, 15) is 19.2 Å². The zero-order chi connectivity index (χ0) is 24.3. The quantitative estimate of drug-likeness (QED) is 0.487. The lowest BCUT2D eigenvalue weighted by Gasteiger charge is -2.36. The Bertz CT molecular complexity index is 1100. The molecule has 7 heteroatoms. The van der Waals surface area contributed by atoms with E-state index in [-0.39, 0.29) is 37.1 Å². The zero-order valence-corrected chi connectivity index (χ0v) is 19.7. The van der Waals surface area contributed by atoms with Crippen molar-refractivity contribution in [2.45, 2.75) is 57.0 Å². The minimum atomic E-state index is -1.30. The van der Waals surface area contributed by atoms with Crippen LogP contribution in [0.15, 0.2) is 54.6 Å². The van der Waals surface area contributed by atoms with E-state index >= 15 is 0 Å². The van der Waals surface area contributed by atoms with Crippen LogP contribution in [0.4, 0.5) is 0 Å². The molecule has 7 nitrogen and oxygen atoms in total. The van der Waals surface area contributed by atoms with Gasteiger partial charge in [0.05, 0.1) is 19.1 Å². The number of amides is 3. The van der Waals surface area contributed by atoms with E-state index in [4.69, 9.17) is 4.74 Å². The average Bonchev–Trinajstić information content (AvgIpc) is 3.09. The number of benzene rings is 2. The van der Waals surface area contributed by atoms with Gasteiger partial charge in [-0.2, -0.15) is 0 Å². The van der Waals surface area contributed by atoms with Gasteiger partial charge < -0.3 is 9.64 Å². The summed E-state index contributed by atoms with van der Waals surface area (Å²) in [4.78, 5) is 55.9. The molecule has 178 valence electrons. The maximum atomic E-state index is 13.9. The molecule has 2 atom stereocenters. The normalized spacial score (nSPS) is 22.7. The number of likely N-dealkylation sites (tertiary alicyclic amines) is 2. The van der Waals surface area contributed by atoms with Crippen LogP contribution >= 0.6 is 0 Å². The maximum Gasteiger partial charge on any atom is 0.328 e. The third-order valence-electron chi connectivity index (χ3n) is 7.00. The van der Waals surface area contributed by atoms with Gasteiger partial charge in [-0.3, -0.25) is 19.3 Å². The second-order valence-corrected chi connectivity index (χ2v) is 9.14. The van der Waals surface area contributed by atoms with E-state index in [2.05, 4.69) is 0 Å². The van der Waals surface area contributed by atoms with Gasteiger partial charge >= 0.3 is 5.97 Å². The van der Waals surface area contributed by atoms with E-state index in [0.29, 0.717) is 18.5 Å². The Morgan fingerprint density at radius 1 is 1.03 bits per heavy atom. The first-order valence-electron chi connectivity index (χ1n) is 11.7. The first-order valence-corrected chi connectivity index (χ1v) is 11.7. The Kier molecular flexibility index (Phi) is 6.82. The van der Waals surface area contributed by atoms with Crippen LogP contribution in [0.3, 0.4) is 0 Å². The first-order chi connectivity index (χ1) is 16.4. The van der Waals surface area contributed by atoms with Crippen molar-refractivity contribution in [1.29, 1.82) is 0 Å². The van der Waals surface area contributed by atoms with E-state index < -0.39 is 17.4 Å². The van der Waals surface area contributed by atoms with Crippen LogP contribution in [0.1, 0.15) is 48.8 Å². The number of carbonyl (C=O) groups excluding carboxylic acids is 4. The molecule has 2 heterocycles. The van der Waals surface area contributed by atoms with Gasteiger partial charge in [0, 0.05) is 19.4 Å². The molecule has 2 aromatic rings. The number of hydrogen-bond donors (Lipinski definition) is 0. The van der Waals surface area contributed by atoms with Gasteiger partial charge in [-0.1, -0.05) is 54.6 Å². The molecule has 0 N–H and O–H groups in total. The zero-order valence-electron chi connectivity index (χ0n) is 19.7. The van der Waals surface area contributed by atoms with Gasteiger partial charge in [-0.25, -0.2) is 4.79 Å². The topological polar surface area (TPSA) is 84.0 Å². The third-order valence-corrected chi connectivity index (χ3v) is 7.00. The standard InChI is InChI=1S/C27H30N2O5/c1-19-10-6-7-13-21(19)27(16-23(30)28-15-9-8-14-22(28)25(32)34-2)17-24(31)29(26(27)33)18-20-11-4-3-5-12-20/h3-7,10-13,22H,8-9,14-18H2,1-2H3. The van der Waals surface area contributed by atoms with E-state index in [1.54, 1.807) is 0 Å². The number of imide groups is 1. The summed E-state index contributed by atoms with van der Waals surface area (Å²) in [6.07, 6.45) is 1.90. The number of carbonyl (C=O) groups is 4. The van der Waals surface area contributed by atoms with Crippen LogP contribution < -0.4 is 0 Å². The van der Waals surface area contributed by atoms with Crippen LogP contribution in [-0.2, 0) is 35.9 Å².